The number of carbonyl (C=O) groups is 1. The second kappa shape index (κ2) is 8.11. The number of hydrogen-bond donors (Lipinski definition) is 2. The van der Waals surface area contributed by atoms with Gasteiger partial charge in [0.15, 0.2) is 0 Å². The van der Waals surface area contributed by atoms with Gasteiger partial charge >= 0.3 is 0 Å². The Hall–Kier alpha value is -3.41. The van der Waals surface area contributed by atoms with Crippen LogP contribution in [0.15, 0.2) is 66.9 Å². The van der Waals surface area contributed by atoms with Crippen LogP contribution < -0.4 is 15.4 Å². The lowest BCUT2D eigenvalue weighted by Crippen LogP contribution is -2.15. The number of halogens is 1. The number of rotatable bonds is 6. The minimum atomic E-state index is -0.359. The van der Waals surface area contributed by atoms with Crippen molar-refractivity contribution >= 4 is 23.1 Å². The van der Waals surface area contributed by atoms with Crippen LogP contribution in [0.25, 0.3) is 0 Å². The maximum atomic E-state index is 13.2. The Morgan fingerprint density at radius 2 is 1.85 bits per heavy atom. The van der Waals surface area contributed by atoms with Crippen LogP contribution >= 0.6 is 0 Å². The van der Waals surface area contributed by atoms with E-state index >= 15 is 0 Å². The lowest BCUT2D eigenvalue weighted by atomic mass is 10.1. The van der Waals surface area contributed by atoms with Gasteiger partial charge in [-0.05, 0) is 54.1 Å². The molecule has 2 aromatic carbocycles. The first-order valence-corrected chi connectivity index (χ1v) is 8.04. The van der Waals surface area contributed by atoms with Gasteiger partial charge in [-0.25, -0.2) is 9.37 Å². The van der Waals surface area contributed by atoms with Crippen LogP contribution in [0.4, 0.5) is 21.6 Å². The van der Waals surface area contributed by atoms with Crippen LogP contribution in [-0.2, 0) is 11.2 Å². The van der Waals surface area contributed by atoms with Gasteiger partial charge in [0.25, 0.3) is 0 Å². The fourth-order valence-corrected chi connectivity index (χ4v) is 2.40. The summed E-state index contributed by atoms with van der Waals surface area (Å²) >= 11 is 0. The van der Waals surface area contributed by atoms with Gasteiger partial charge in [0.1, 0.15) is 17.4 Å². The van der Waals surface area contributed by atoms with Crippen LogP contribution in [0.1, 0.15) is 5.56 Å². The van der Waals surface area contributed by atoms with E-state index in [0.717, 1.165) is 17.1 Å². The third kappa shape index (κ3) is 4.80. The fourth-order valence-electron chi connectivity index (χ4n) is 2.40. The molecule has 0 bridgehead atoms. The van der Waals surface area contributed by atoms with E-state index in [9.17, 15) is 9.18 Å². The molecule has 0 saturated heterocycles. The summed E-state index contributed by atoms with van der Waals surface area (Å²) in [5.41, 5.74) is 2.30. The lowest BCUT2D eigenvalue weighted by molar-refractivity contribution is -0.115. The van der Waals surface area contributed by atoms with Crippen molar-refractivity contribution in [2.75, 3.05) is 17.7 Å². The Kier molecular flexibility index (Phi) is 5.43. The molecular weight excluding hydrogens is 333 g/mol. The fraction of sp³-hybridized carbons (Fsp3) is 0.100. The molecule has 0 atom stereocenters. The number of pyridine rings is 1. The third-order valence-corrected chi connectivity index (χ3v) is 3.66. The summed E-state index contributed by atoms with van der Waals surface area (Å²) in [6.07, 6.45) is 1.72. The zero-order chi connectivity index (χ0) is 18.4. The second-order valence-corrected chi connectivity index (χ2v) is 5.64. The molecular formula is C20H18FN3O2. The molecule has 0 radical (unpaired) electrons. The summed E-state index contributed by atoms with van der Waals surface area (Å²) in [5.74, 6) is 0.609. The van der Waals surface area contributed by atoms with E-state index in [0.29, 0.717) is 11.4 Å². The van der Waals surface area contributed by atoms with Crippen molar-refractivity contribution in [3.8, 4) is 5.75 Å². The number of nitrogens with zero attached hydrogens (tertiary/aromatic N) is 1. The van der Waals surface area contributed by atoms with E-state index in [-0.39, 0.29) is 18.1 Å². The number of nitrogens with one attached hydrogen (secondary N) is 2. The zero-order valence-corrected chi connectivity index (χ0v) is 14.2. The quantitative estimate of drug-likeness (QED) is 0.700. The molecule has 26 heavy (non-hydrogen) atoms. The highest BCUT2D eigenvalue weighted by atomic mass is 19.1. The molecule has 0 aliphatic heterocycles. The van der Waals surface area contributed by atoms with Gasteiger partial charge in [0.2, 0.25) is 5.91 Å². The van der Waals surface area contributed by atoms with Crippen molar-refractivity contribution in [2.45, 2.75) is 6.42 Å². The molecule has 132 valence electrons. The predicted octanol–water partition coefficient (Wildman–Crippen LogP) is 4.15. The number of aromatic nitrogens is 1. The van der Waals surface area contributed by atoms with Crippen molar-refractivity contribution in [3.05, 3.63) is 78.2 Å². The van der Waals surface area contributed by atoms with E-state index in [4.69, 9.17) is 4.74 Å². The summed E-state index contributed by atoms with van der Waals surface area (Å²) in [6.45, 7) is 0. The van der Waals surface area contributed by atoms with Crippen LogP contribution in [0, 0.1) is 5.82 Å². The van der Waals surface area contributed by atoms with E-state index < -0.39 is 0 Å². The topological polar surface area (TPSA) is 63.2 Å². The molecule has 0 aliphatic rings. The van der Waals surface area contributed by atoms with E-state index in [1.165, 1.54) is 12.1 Å². The molecule has 3 rings (SSSR count). The molecule has 0 aliphatic carbocycles. The van der Waals surface area contributed by atoms with Crippen molar-refractivity contribution in [2.24, 2.45) is 0 Å². The Balaban J connectivity index is 1.57. The molecule has 0 fully saturated rings. The predicted molar refractivity (Wildman–Crippen MR) is 99.2 cm³/mol. The van der Waals surface area contributed by atoms with Gasteiger partial charge in [-0.15, -0.1) is 0 Å². The maximum Gasteiger partial charge on any atom is 0.229 e. The molecule has 2 N–H and O–H groups in total. The molecule has 1 heterocycles. The maximum absolute atomic E-state index is 13.2. The number of ether oxygens (including phenoxy) is 1. The number of methoxy groups -OCH3 is 1. The highest BCUT2D eigenvalue weighted by Gasteiger charge is 2.06. The minimum absolute atomic E-state index is 0.0886. The number of hydrogen-bond acceptors (Lipinski definition) is 4. The van der Waals surface area contributed by atoms with E-state index in [1.807, 2.05) is 30.3 Å². The second-order valence-electron chi connectivity index (χ2n) is 5.64. The summed E-state index contributed by atoms with van der Waals surface area (Å²) in [5, 5.41) is 5.91. The molecule has 5 nitrogen and oxygen atoms in total. The standard InChI is InChI=1S/C20H18FN3O2/c1-26-18-8-5-16(6-9-18)23-17-7-10-19(22-13-17)24-20(25)12-14-3-2-4-15(21)11-14/h2-11,13,23H,12H2,1H3,(H,22,24,25). The van der Waals surface area contributed by atoms with Gasteiger partial charge in [0.05, 0.1) is 25.4 Å². The molecule has 1 amide bonds. The minimum Gasteiger partial charge on any atom is -0.497 e. The molecule has 3 aromatic rings. The van der Waals surface area contributed by atoms with Crippen LogP contribution in [-0.4, -0.2) is 18.0 Å². The summed E-state index contributed by atoms with van der Waals surface area (Å²) in [4.78, 5) is 16.2. The highest BCUT2D eigenvalue weighted by molar-refractivity contribution is 5.91. The molecule has 0 unspecified atom stereocenters. The Labute approximate surface area is 150 Å². The van der Waals surface area contributed by atoms with Crippen LogP contribution in [0.5, 0.6) is 5.75 Å². The van der Waals surface area contributed by atoms with Crippen molar-refractivity contribution in [1.29, 1.82) is 0 Å². The van der Waals surface area contributed by atoms with Crippen LogP contribution in [0.2, 0.25) is 0 Å². The van der Waals surface area contributed by atoms with Gasteiger partial charge in [-0.2, -0.15) is 0 Å². The number of carbonyl (C=O) groups excluding carboxylic acids is 1. The van der Waals surface area contributed by atoms with Crippen molar-refractivity contribution in [3.63, 3.8) is 0 Å². The van der Waals surface area contributed by atoms with E-state index in [1.54, 1.807) is 31.5 Å². The first-order valence-electron chi connectivity index (χ1n) is 8.04. The summed E-state index contributed by atoms with van der Waals surface area (Å²) in [6, 6.07) is 17.0. The van der Waals surface area contributed by atoms with Gasteiger partial charge in [-0.1, -0.05) is 12.1 Å². The Morgan fingerprint density at radius 3 is 2.50 bits per heavy atom. The average molecular weight is 351 g/mol. The molecule has 1 aromatic heterocycles. The smallest absolute Gasteiger partial charge is 0.229 e. The molecule has 0 saturated carbocycles. The summed E-state index contributed by atoms with van der Waals surface area (Å²) < 4.78 is 18.3. The number of anilines is 3. The first-order chi connectivity index (χ1) is 12.6. The molecule has 6 heteroatoms. The largest absolute Gasteiger partial charge is 0.497 e. The van der Waals surface area contributed by atoms with Gasteiger partial charge in [-0.3, -0.25) is 4.79 Å². The van der Waals surface area contributed by atoms with Gasteiger partial charge in [0, 0.05) is 5.69 Å². The lowest BCUT2D eigenvalue weighted by Gasteiger charge is -2.09. The molecule has 0 spiro atoms. The van der Waals surface area contributed by atoms with Crippen LogP contribution in [0.3, 0.4) is 0 Å². The third-order valence-electron chi connectivity index (χ3n) is 3.66. The van der Waals surface area contributed by atoms with Crippen molar-refractivity contribution < 1.29 is 13.9 Å². The highest BCUT2D eigenvalue weighted by Crippen LogP contribution is 2.20. The van der Waals surface area contributed by atoms with Crippen molar-refractivity contribution in [1.82, 2.24) is 4.98 Å². The Morgan fingerprint density at radius 1 is 1.08 bits per heavy atom. The van der Waals surface area contributed by atoms with Gasteiger partial charge < -0.3 is 15.4 Å². The number of amides is 1. The zero-order valence-electron chi connectivity index (χ0n) is 14.2. The average Bonchev–Trinajstić information content (AvgIpc) is 2.64. The Bertz CT molecular complexity index is 880. The monoisotopic (exact) mass is 351 g/mol. The SMILES string of the molecule is COc1ccc(Nc2ccc(NC(=O)Cc3cccc(F)c3)nc2)cc1. The summed E-state index contributed by atoms with van der Waals surface area (Å²) in [7, 11) is 1.62. The van der Waals surface area contributed by atoms with E-state index in [2.05, 4.69) is 15.6 Å². The number of benzene rings is 2. The normalized spacial score (nSPS) is 10.2. The first kappa shape index (κ1) is 17.4.